The standard InChI is InChI=1S/C13H20N4O2/c1-16(2)7-4-8-17(3)13-14-9-11(10-15-13)5-6-12(18)19/h5-6,9-10H,4,7-8H2,1-3H3,(H,18,19)/b6-5+. The van der Waals surface area contributed by atoms with Gasteiger partial charge in [-0.05, 0) is 33.1 Å². The lowest BCUT2D eigenvalue weighted by molar-refractivity contribution is -0.131. The van der Waals surface area contributed by atoms with Crippen molar-refractivity contribution in [2.24, 2.45) is 0 Å². The Balaban J connectivity index is 2.53. The molecule has 0 fully saturated rings. The summed E-state index contributed by atoms with van der Waals surface area (Å²) in [7, 11) is 6.03. The van der Waals surface area contributed by atoms with Crippen molar-refractivity contribution < 1.29 is 9.90 Å². The smallest absolute Gasteiger partial charge is 0.328 e. The zero-order valence-electron chi connectivity index (χ0n) is 11.6. The van der Waals surface area contributed by atoms with Crippen molar-refractivity contribution in [2.75, 3.05) is 39.1 Å². The Hall–Kier alpha value is -1.95. The third kappa shape index (κ3) is 5.96. The van der Waals surface area contributed by atoms with Crippen LogP contribution in [0.3, 0.4) is 0 Å². The van der Waals surface area contributed by atoms with E-state index in [-0.39, 0.29) is 0 Å². The number of anilines is 1. The van der Waals surface area contributed by atoms with Crippen LogP contribution in [-0.4, -0.2) is 60.2 Å². The average Bonchev–Trinajstić information content (AvgIpc) is 2.36. The van der Waals surface area contributed by atoms with E-state index in [0.29, 0.717) is 11.5 Å². The molecular weight excluding hydrogens is 244 g/mol. The van der Waals surface area contributed by atoms with Crippen LogP contribution in [0.1, 0.15) is 12.0 Å². The fourth-order valence-corrected chi connectivity index (χ4v) is 1.51. The summed E-state index contributed by atoms with van der Waals surface area (Å²) in [6.45, 7) is 1.90. The van der Waals surface area contributed by atoms with Gasteiger partial charge >= 0.3 is 5.97 Å². The van der Waals surface area contributed by atoms with Crippen molar-refractivity contribution in [1.82, 2.24) is 14.9 Å². The first kappa shape index (κ1) is 15.1. The molecule has 0 spiro atoms. The molecule has 0 aliphatic carbocycles. The molecule has 0 aromatic carbocycles. The van der Waals surface area contributed by atoms with Gasteiger partial charge < -0.3 is 14.9 Å². The second kappa shape index (κ2) is 7.48. The van der Waals surface area contributed by atoms with E-state index in [2.05, 4.69) is 14.9 Å². The van der Waals surface area contributed by atoms with Gasteiger partial charge in [-0.3, -0.25) is 0 Å². The molecule has 19 heavy (non-hydrogen) atoms. The van der Waals surface area contributed by atoms with E-state index in [1.54, 1.807) is 12.4 Å². The average molecular weight is 264 g/mol. The van der Waals surface area contributed by atoms with E-state index >= 15 is 0 Å². The lowest BCUT2D eigenvalue weighted by Crippen LogP contribution is -2.24. The maximum atomic E-state index is 10.4. The van der Waals surface area contributed by atoms with Gasteiger partial charge in [-0.15, -0.1) is 0 Å². The molecule has 1 heterocycles. The summed E-state index contributed by atoms with van der Waals surface area (Å²) in [5.74, 6) is -0.337. The van der Waals surface area contributed by atoms with Crippen molar-refractivity contribution >= 4 is 18.0 Å². The first-order valence-corrected chi connectivity index (χ1v) is 6.08. The van der Waals surface area contributed by atoms with Crippen LogP contribution in [0.25, 0.3) is 6.08 Å². The van der Waals surface area contributed by atoms with Crippen LogP contribution in [0, 0.1) is 0 Å². The predicted octanol–water partition coefficient (Wildman–Crippen LogP) is 0.962. The molecule has 6 nitrogen and oxygen atoms in total. The van der Waals surface area contributed by atoms with Crippen molar-refractivity contribution in [3.63, 3.8) is 0 Å². The molecule has 0 saturated heterocycles. The highest BCUT2D eigenvalue weighted by Crippen LogP contribution is 2.06. The van der Waals surface area contributed by atoms with Gasteiger partial charge in [0.25, 0.3) is 0 Å². The lowest BCUT2D eigenvalue weighted by Gasteiger charge is -2.18. The highest BCUT2D eigenvalue weighted by Gasteiger charge is 2.03. The second-order valence-electron chi connectivity index (χ2n) is 4.57. The van der Waals surface area contributed by atoms with E-state index in [9.17, 15) is 4.79 Å². The summed E-state index contributed by atoms with van der Waals surface area (Å²) in [5, 5.41) is 8.52. The summed E-state index contributed by atoms with van der Waals surface area (Å²) in [5.41, 5.74) is 0.674. The zero-order valence-corrected chi connectivity index (χ0v) is 11.6. The summed E-state index contributed by atoms with van der Waals surface area (Å²) >= 11 is 0. The fraction of sp³-hybridized carbons (Fsp3) is 0.462. The molecule has 0 saturated carbocycles. The Morgan fingerprint density at radius 3 is 2.42 bits per heavy atom. The van der Waals surface area contributed by atoms with Gasteiger partial charge in [0.1, 0.15) is 0 Å². The van der Waals surface area contributed by atoms with Gasteiger partial charge in [0.15, 0.2) is 0 Å². The number of hydrogen-bond donors (Lipinski definition) is 1. The van der Waals surface area contributed by atoms with Crippen molar-refractivity contribution in [2.45, 2.75) is 6.42 Å². The minimum Gasteiger partial charge on any atom is -0.478 e. The van der Waals surface area contributed by atoms with Crippen LogP contribution in [0.2, 0.25) is 0 Å². The van der Waals surface area contributed by atoms with Crippen LogP contribution < -0.4 is 4.90 Å². The van der Waals surface area contributed by atoms with Crippen LogP contribution >= 0.6 is 0 Å². The monoisotopic (exact) mass is 264 g/mol. The number of carboxylic acid groups (broad SMARTS) is 1. The molecule has 0 amide bonds. The molecular formula is C13H20N4O2. The Labute approximate surface area is 113 Å². The molecule has 0 aliphatic heterocycles. The summed E-state index contributed by atoms with van der Waals surface area (Å²) in [6, 6.07) is 0. The normalized spacial score (nSPS) is 11.2. The summed E-state index contributed by atoms with van der Waals surface area (Å²) in [6.07, 6.45) is 6.80. The maximum absolute atomic E-state index is 10.4. The van der Waals surface area contributed by atoms with Crippen LogP contribution in [-0.2, 0) is 4.79 Å². The Morgan fingerprint density at radius 2 is 1.89 bits per heavy atom. The second-order valence-corrected chi connectivity index (χ2v) is 4.57. The van der Waals surface area contributed by atoms with Gasteiger partial charge in [0, 0.05) is 37.6 Å². The Bertz CT molecular complexity index is 429. The number of hydrogen-bond acceptors (Lipinski definition) is 5. The first-order valence-electron chi connectivity index (χ1n) is 6.08. The van der Waals surface area contributed by atoms with Gasteiger partial charge in [0.2, 0.25) is 5.95 Å². The van der Waals surface area contributed by atoms with E-state index in [1.165, 1.54) is 6.08 Å². The topological polar surface area (TPSA) is 69.6 Å². The molecule has 104 valence electrons. The van der Waals surface area contributed by atoms with Crippen molar-refractivity contribution in [3.8, 4) is 0 Å². The number of aliphatic carboxylic acids is 1. The lowest BCUT2D eigenvalue weighted by atomic mass is 10.3. The fourth-order valence-electron chi connectivity index (χ4n) is 1.51. The van der Waals surface area contributed by atoms with E-state index in [0.717, 1.165) is 25.6 Å². The van der Waals surface area contributed by atoms with Crippen molar-refractivity contribution in [3.05, 3.63) is 24.0 Å². The minimum atomic E-state index is -0.982. The molecule has 0 bridgehead atoms. The third-order valence-electron chi connectivity index (χ3n) is 2.52. The van der Waals surface area contributed by atoms with E-state index in [4.69, 9.17) is 5.11 Å². The molecule has 0 radical (unpaired) electrons. The van der Waals surface area contributed by atoms with Gasteiger partial charge in [-0.25, -0.2) is 14.8 Å². The van der Waals surface area contributed by atoms with Crippen LogP contribution in [0.4, 0.5) is 5.95 Å². The first-order chi connectivity index (χ1) is 8.99. The van der Waals surface area contributed by atoms with Crippen LogP contribution in [0.5, 0.6) is 0 Å². The molecule has 1 N–H and O–H groups in total. The molecule has 1 rings (SSSR count). The summed E-state index contributed by atoms with van der Waals surface area (Å²) < 4.78 is 0. The molecule has 0 atom stereocenters. The number of carboxylic acids is 1. The Kier molecular flexibility index (Phi) is 5.95. The minimum absolute atomic E-state index is 0.645. The summed E-state index contributed by atoms with van der Waals surface area (Å²) in [4.78, 5) is 22.9. The molecule has 1 aromatic heterocycles. The number of carbonyl (C=O) groups is 1. The van der Waals surface area contributed by atoms with Gasteiger partial charge in [-0.2, -0.15) is 0 Å². The maximum Gasteiger partial charge on any atom is 0.328 e. The van der Waals surface area contributed by atoms with Crippen LogP contribution in [0.15, 0.2) is 18.5 Å². The SMILES string of the molecule is CN(C)CCCN(C)c1ncc(/C=C/C(=O)O)cn1. The van der Waals surface area contributed by atoms with E-state index < -0.39 is 5.97 Å². The molecule has 1 aromatic rings. The Morgan fingerprint density at radius 1 is 1.26 bits per heavy atom. The van der Waals surface area contributed by atoms with Gasteiger partial charge in [-0.1, -0.05) is 0 Å². The molecule has 0 unspecified atom stereocenters. The third-order valence-corrected chi connectivity index (χ3v) is 2.52. The highest BCUT2D eigenvalue weighted by molar-refractivity contribution is 5.85. The van der Waals surface area contributed by atoms with Crippen molar-refractivity contribution in [1.29, 1.82) is 0 Å². The van der Waals surface area contributed by atoms with Gasteiger partial charge in [0.05, 0.1) is 0 Å². The highest BCUT2D eigenvalue weighted by atomic mass is 16.4. The van der Waals surface area contributed by atoms with E-state index in [1.807, 2.05) is 26.0 Å². The molecule has 0 aliphatic rings. The quantitative estimate of drug-likeness (QED) is 0.740. The zero-order chi connectivity index (χ0) is 14.3. The number of rotatable bonds is 7. The number of nitrogens with zero attached hydrogens (tertiary/aromatic N) is 4. The predicted molar refractivity (Wildman–Crippen MR) is 75.1 cm³/mol. The molecule has 6 heteroatoms. The largest absolute Gasteiger partial charge is 0.478 e. The number of aromatic nitrogens is 2.